The molecule has 3 rings (SSSR count). The smallest absolute Gasteiger partial charge is 0.225 e. The molecule has 0 aliphatic carbocycles. The van der Waals surface area contributed by atoms with Gasteiger partial charge in [0.05, 0.1) is 11.1 Å². The first-order valence-corrected chi connectivity index (χ1v) is 10.9. The summed E-state index contributed by atoms with van der Waals surface area (Å²) < 4.78 is 2.88. The Hall–Kier alpha value is -2.52. The largest absolute Gasteiger partial charge is 0.354 e. The number of hydrogen-bond donors (Lipinski definition) is 3. The Kier molecular flexibility index (Phi) is 7.75. The molecule has 3 aromatic rings. The molecular formula is C21H28BrN7O. The number of nitrogens with one attached hydrogen (secondary N) is 3. The van der Waals surface area contributed by atoms with Crippen molar-refractivity contribution in [3.8, 4) is 0 Å². The number of benzene rings is 1. The molecule has 0 fully saturated rings. The van der Waals surface area contributed by atoms with Gasteiger partial charge in [0.2, 0.25) is 12.4 Å². The number of rotatable bonds is 11. The first-order valence-electron chi connectivity index (χ1n) is 10.1. The number of aromatic nitrogens is 4. The minimum atomic E-state index is 0.475. The van der Waals surface area contributed by atoms with E-state index in [-0.39, 0.29) is 0 Å². The quantitative estimate of drug-likeness (QED) is 0.291. The predicted molar refractivity (Wildman–Crippen MR) is 124 cm³/mol. The highest BCUT2D eigenvalue weighted by atomic mass is 79.9. The highest BCUT2D eigenvalue weighted by Gasteiger charge is 2.15. The second-order valence-corrected chi connectivity index (χ2v) is 8.52. The molecule has 3 N–H and O–H groups in total. The van der Waals surface area contributed by atoms with Gasteiger partial charge in [-0.25, -0.2) is 4.98 Å². The molecule has 1 aromatic carbocycles. The minimum Gasteiger partial charge on any atom is -0.354 e. The van der Waals surface area contributed by atoms with E-state index in [1.165, 1.54) is 0 Å². The topological polar surface area (TPSA) is 96.8 Å². The molecule has 30 heavy (non-hydrogen) atoms. The van der Waals surface area contributed by atoms with Crippen LogP contribution in [-0.2, 0) is 17.8 Å². The van der Waals surface area contributed by atoms with Crippen molar-refractivity contribution in [2.24, 2.45) is 5.92 Å². The Morgan fingerprint density at radius 3 is 2.80 bits per heavy atom. The molecule has 160 valence electrons. The lowest BCUT2D eigenvalue weighted by molar-refractivity contribution is -0.105. The van der Waals surface area contributed by atoms with E-state index < -0.39 is 0 Å². The van der Waals surface area contributed by atoms with Crippen LogP contribution in [0.5, 0.6) is 0 Å². The van der Waals surface area contributed by atoms with Crippen LogP contribution < -0.4 is 16.0 Å². The Morgan fingerprint density at radius 2 is 2.07 bits per heavy atom. The summed E-state index contributed by atoms with van der Waals surface area (Å²) in [6.07, 6.45) is 4.22. The summed E-state index contributed by atoms with van der Waals surface area (Å²) in [6, 6.07) is 5.78. The maximum absolute atomic E-state index is 11.0. The predicted octanol–water partition coefficient (Wildman–Crippen LogP) is 3.43. The second kappa shape index (κ2) is 10.5. The third kappa shape index (κ3) is 5.76. The molecule has 1 amide bonds. The molecule has 0 spiro atoms. The number of carbonyl (C=O) groups excluding carboxylic acids is 1. The van der Waals surface area contributed by atoms with Crippen molar-refractivity contribution in [1.29, 1.82) is 0 Å². The van der Waals surface area contributed by atoms with Crippen LogP contribution in [0, 0.1) is 5.92 Å². The van der Waals surface area contributed by atoms with Crippen molar-refractivity contribution in [3.05, 3.63) is 40.1 Å². The average molecular weight is 474 g/mol. The van der Waals surface area contributed by atoms with Crippen LogP contribution in [0.2, 0.25) is 0 Å². The number of nitrogens with zero attached hydrogens (tertiary/aromatic N) is 4. The molecule has 0 atom stereocenters. The fourth-order valence-corrected chi connectivity index (χ4v) is 3.66. The third-order valence-corrected chi connectivity index (χ3v) is 5.08. The normalized spacial score (nSPS) is 11.2. The fourth-order valence-electron chi connectivity index (χ4n) is 3.25. The zero-order valence-electron chi connectivity index (χ0n) is 17.6. The zero-order chi connectivity index (χ0) is 21.5. The zero-order valence-corrected chi connectivity index (χ0v) is 19.2. The maximum atomic E-state index is 11.0. The molecule has 0 saturated heterocycles. The van der Waals surface area contributed by atoms with Gasteiger partial charge in [-0.2, -0.15) is 10.1 Å². The van der Waals surface area contributed by atoms with Crippen LogP contribution in [0.1, 0.15) is 31.5 Å². The highest BCUT2D eigenvalue weighted by molar-refractivity contribution is 9.10. The molecule has 0 bridgehead atoms. The van der Waals surface area contributed by atoms with Gasteiger partial charge in [-0.1, -0.05) is 29.8 Å². The van der Waals surface area contributed by atoms with Crippen LogP contribution in [0.3, 0.4) is 0 Å². The molecule has 9 heteroatoms. The lowest BCUT2D eigenvalue weighted by atomic mass is 10.1. The van der Waals surface area contributed by atoms with Crippen molar-refractivity contribution < 1.29 is 4.79 Å². The van der Waals surface area contributed by atoms with Gasteiger partial charge in [0.1, 0.15) is 0 Å². The summed E-state index contributed by atoms with van der Waals surface area (Å²) in [5.41, 5.74) is 3.28. The van der Waals surface area contributed by atoms with Crippen molar-refractivity contribution in [1.82, 2.24) is 25.1 Å². The van der Waals surface area contributed by atoms with Crippen LogP contribution in [-0.4, -0.2) is 46.3 Å². The number of carbonyl (C=O) groups is 1. The summed E-state index contributed by atoms with van der Waals surface area (Å²) in [5.74, 6) is 1.05. The maximum Gasteiger partial charge on any atom is 0.225 e. The Balaban J connectivity index is 1.98. The fraction of sp³-hybridized carbons (Fsp3) is 0.429. The van der Waals surface area contributed by atoms with Gasteiger partial charge in [-0.05, 0) is 49.7 Å². The standard InChI is InChI=1S/C21H28BrN7O/c1-14(2)11-29-12-17-19(10-15-9-16(22)5-6-18(15)25-13-30)26-21(27-20(17)28-29)24-8-4-7-23-3/h5-6,9,12-14,23H,4,7-8,10-11H2,1-3H3,(H,25,30)(H,24,27,28). The van der Waals surface area contributed by atoms with Crippen molar-refractivity contribution >= 4 is 45.0 Å². The van der Waals surface area contributed by atoms with E-state index in [0.717, 1.165) is 52.9 Å². The van der Waals surface area contributed by atoms with E-state index in [1.54, 1.807) is 0 Å². The van der Waals surface area contributed by atoms with Crippen LogP contribution in [0.25, 0.3) is 11.0 Å². The number of fused-ring (bicyclic) bond motifs is 1. The summed E-state index contributed by atoms with van der Waals surface area (Å²) >= 11 is 3.52. The number of hydrogen-bond acceptors (Lipinski definition) is 6. The van der Waals surface area contributed by atoms with Crippen molar-refractivity contribution in [2.45, 2.75) is 33.2 Å². The molecule has 0 radical (unpaired) electrons. The molecule has 8 nitrogen and oxygen atoms in total. The first kappa shape index (κ1) is 22.2. The Morgan fingerprint density at radius 1 is 1.23 bits per heavy atom. The van der Waals surface area contributed by atoms with Crippen molar-refractivity contribution in [2.75, 3.05) is 30.8 Å². The summed E-state index contributed by atoms with van der Waals surface area (Å²) in [4.78, 5) is 20.4. The molecule has 0 unspecified atom stereocenters. The van der Waals surface area contributed by atoms with Gasteiger partial charge in [-0.15, -0.1) is 0 Å². The van der Waals surface area contributed by atoms with Gasteiger partial charge < -0.3 is 16.0 Å². The third-order valence-electron chi connectivity index (χ3n) is 4.58. The Bertz CT molecular complexity index is 1000. The molecule has 0 aliphatic rings. The van der Waals surface area contributed by atoms with E-state index in [9.17, 15) is 4.79 Å². The van der Waals surface area contributed by atoms with E-state index in [0.29, 0.717) is 30.3 Å². The van der Waals surface area contributed by atoms with Crippen LogP contribution in [0.15, 0.2) is 28.9 Å². The lowest BCUT2D eigenvalue weighted by Crippen LogP contribution is -2.14. The van der Waals surface area contributed by atoms with E-state index in [4.69, 9.17) is 4.98 Å². The first-order chi connectivity index (χ1) is 14.5. The van der Waals surface area contributed by atoms with Gasteiger partial charge in [-0.3, -0.25) is 9.48 Å². The van der Waals surface area contributed by atoms with E-state index in [1.807, 2.05) is 36.1 Å². The van der Waals surface area contributed by atoms with Crippen LogP contribution in [0.4, 0.5) is 11.6 Å². The van der Waals surface area contributed by atoms with Gasteiger partial charge in [0.15, 0.2) is 5.65 Å². The van der Waals surface area contributed by atoms with Gasteiger partial charge in [0, 0.05) is 35.9 Å². The summed E-state index contributed by atoms with van der Waals surface area (Å²) in [6.45, 7) is 6.83. The van der Waals surface area contributed by atoms with E-state index >= 15 is 0 Å². The number of halogens is 1. The second-order valence-electron chi connectivity index (χ2n) is 7.60. The summed E-state index contributed by atoms with van der Waals surface area (Å²) in [5, 5.41) is 14.8. The minimum absolute atomic E-state index is 0.475. The van der Waals surface area contributed by atoms with Gasteiger partial charge in [0.25, 0.3) is 0 Å². The molecule has 2 heterocycles. The Labute approximate surface area is 185 Å². The summed E-state index contributed by atoms with van der Waals surface area (Å²) in [7, 11) is 1.94. The number of amides is 1. The average Bonchev–Trinajstić information content (AvgIpc) is 3.09. The van der Waals surface area contributed by atoms with Crippen LogP contribution >= 0.6 is 15.9 Å². The van der Waals surface area contributed by atoms with Gasteiger partial charge >= 0.3 is 0 Å². The van der Waals surface area contributed by atoms with Crippen molar-refractivity contribution in [3.63, 3.8) is 0 Å². The molecule has 2 aromatic heterocycles. The van der Waals surface area contributed by atoms with E-state index in [2.05, 4.69) is 55.8 Å². The lowest BCUT2D eigenvalue weighted by Gasteiger charge is -2.11. The SMILES string of the molecule is CNCCCNc1nc(Cc2cc(Br)ccc2NC=O)c2cn(CC(C)C)nc2n1. The molecular weight excluding hydrogens is 446 g/mol. The highest BCUT2D eigenvalue weighted by Crippen LogP contribution is 2.26. The number of anilines is 2. The monoisotopic (exact) mass is 473 g/mol. The molecule has 0 aliphatic heterocycles. The molecule has 0 saturated carbocycles.